The molecule has 0 aliphatic heterocycles. The summed E-state index contributed by atoms with van der Waals surface area (Å²) in [4.78, 5) is 21.0. The van der Waals surface area contributed by atoms with Gasteiger partial charge in [-0.2, -0.15) is 0 Å². The van der Waals surface area contributed by atoms with Crippen molar-refractivity contribution in [2.45, 2.75) is 12.3 Å². The van der Waals surface area contributed by atoms with E-state index in [0.717, 1.165) is 18.3 Å². The first kappa shape index (κ1) is 8.94. The highest BCUT2D eigenvalue weighted by molar-refractivity contribution is 5.87. The lowest BCUT2D eigenvalue weighted by atomic mass is 10.1. The number of aldehydes is 1. The highest BCUT2D eigenvalue weighted by Gasteiger charge is 2.37. The van der Waals surface area contributed by atoms with Crippen molar-refractivity contribution in [2.75, 3.05) is 0 Å². The van der Waals surface area contributed by atoms with E-state index < -0.39 is 5.97 Å². The fraction of sp³-hybridized carbons (Fsp3) is 0.273. The Morgan fingerprint density at radius 3 is 2.43 bits per heavy atom. The van der Waals surface area contributed by atoms with Gasteiger partial charge in [0.15, 0.2) is 0 Å². The minimum absolute atomic E-state index is 0.144. The van der Waals surface area contributed by atoms with Crippen molar-refractivity contribution in [3.8, 4) is 0 Å². The van der Waals surface area contributed by atoms with E-state index in [0.29, 0.717) is 5.92 Å². The number of carboxylic acids is 1. The van der Waals surface area contributed by atoms with E-state index >= 15 is 0 Å². The molecule has 72 valence electrons. The monoisotopic (exact) mass is 190 g/mol. The van der Waals surface area contributed by atoms with Crippen LogP contribution < -0.4 is 0 Å². The second-order valence-electron chi connectivity index (χ2n) is 3.57. The van der Waals surface area contributed by atoms with Crippen LogP contribution in [0.2, 0.25) is 0 Å². The van der Waals surface area contributed by atoms with Crippen LogP contribution in [0.1, 0.15) is 28.3 Å². The van der Waals surface area contributed by atoms with Gasteiger partial charge in [-0.3, -0.25) is 0 Å². The Kier molecular flexibility index (Phi) is 2.08. The Morgan fingerprint density at radius 1 is 1.36 bits per heavy atom. The first-order chi connectivity index (χ1) is 6.72. The maximum absolute atomic E-state index is 10.6. The normalized spacial score (nSPS) is 24.3. The molecule has 1 aliphatic carbocycles. The van der Waals surface area contributed by atoms with E-state index in [4.69, 9.17) is 5.11 Å². The highest BCUT2D eigenvalue weighted by Crippen LogP contribution is 2.45. The SMILES string of the molecule is O=C[C@@H]1C[C@H]1c1ccc(C(=O)O)cc1. The number of aromatic carboxylic acids is 1. The Balaban J connectivity index is 2.15. The second-order valence-corrected chi connectivity index (χ2v) is 3.57. The summed E-state index contributed by atoms with van der Waals surface area (Å²) < 4.78 is 0. The van der Waals surface area contributed by atoms with Crippen molar-refractivity contribution >= 4 is 12.3 Å². The number of carbonyl (C=O) groups excluding carboxylic acids is 1. The molecule has 2 rings (SSSR count). The van der Waals surface area contributed by atoms with E-state index in [1.807, 2.05) is 0 Å². The molecule has 2 atom stereocenters. The summed E-state index contributed by atoms with van der Waals surface area (Å²) in [5.74, 6) is -0.458. The van der Waals surface area contributed by atoms with Gasteiger partial charge in [0, 0.05) is 5.92 Å². The lowest BCUT2D eigenvalue weighted by Gasteiger charge is -1.98. The van der Waals surface area contributed by atoms with Crippen LogP contribution in [-0.4, -0.2) is 17.4 Å². The summed E-state index contributed by atoms with van der Waals surface area (Å²) in [7, 11) is 0. The smallest absolute Gasteiger partial charge is 0.335 e. The van der Waals surface area contributed by atoms with Gasteiger partial charge in [0.1, 0.15) is 6.29 Å². The van der Waals surface area contributed by atoms with Crippen molar-refractivity contribution in [1.29, 1.82) is 0 Å². The first-order valence-corrected chi connectivity index (χ1v) is 4.51. The quantitative estimate of drug-likeness (QED) is 0.738. The van der Waals surface area contributed by atoms with Crippen LogP contribution in [0.3, 0.4) is 0 Å². The van der Waals surface area contributed by atoms with E-state index in [1.54, 1.807) is 24.3 Å². The van der Waals surface area contributed by atoms with E-state index in [9.17, 15) is 9.59 Å². The van der Waals surface area contributed by atoms with Gasteiger partial charge in [0.05, 0.1) is 5.56 Å². The van der Waals surface area contributed by atoms with E-state index in [2.05, 4.69) is 0 Å². The third-order valence-corrected chi connectivity index (χ3v) is 2.60. The molecule has 14 heavy (non-hydrogen) atoms. The molecule has 1 aromatic carbocycles. The summed E-state index contributed by atoms with van der Waals surface area (Å²) in [5, 5.41) is 8.67. The summed E-state index contributed by atoms with van der Waals surface area (Å²) >= 11 is 0. The zero-order valence-corrected chi connectivity index (χ0v) is 7.51. The molecular formula is C11H10O3. The zero-order valence-electron chi connectivity index (χ0n) is 7.51. The topological polar surface area (TPSA) is 54.4 Å². The minimum atomic E-state index is -0.917. The average Bonchev–Trinajstić information content (AvgIpc) is 2.97. The van der Waals surface area contributed by atoms with Crippen molar-refractivity contribution in [3.63, 3.8) is 0 Å². The van der Waals surface area contributed by atoms with Gasteiger partial charge in [-0.15, -0.1) is 0 Å². The zero-order chi connectivity index (χ0) is 10.1. The molecule has 0 unspecified atom stereocenters. The molecule has 3 heteroatoms. The minimum Gasteiger partial charge on any atom is -0.478 e. The molecule has 1 saturated carbocycles. The third kappa shape index (κ3) is 1.53. The summed E-state index contributed by atoms with van der Waals surface area (Å²) in [5.41, 5.74) is 1.35. The van der Waals surface area contributed by atoms with Crippen molar-refractivity contribution in [3.05, 3.63) is 35.4 Å². The van der Waals surface area contributed by atoms with Crippen LogP contribution in [0.25, 0.3) is 0 Å². The summed E-state index contributed by atoms with van der Waals surface area (Å²) in [6.45, 7) is 0. The molecule has 1 fully saturated rings. The van der Waals surface area contributed by atoms with Crippen LogP contribution >= 0.6 is 0 Å². The molecule has 0 radical (unpaired) electrons. The Bertz CT molecular complexity index is 367. The fourth-order valence-electron chi connectivity index (χ4n) is 1.62. The number of carboxylic acid groups (broad SMARTS) is 1. The molecule has 3 nitrogen and oxygen atoms in total. The average molecular weight is 190 g/mol. The van der Waals surface area contributed by atoms with Crippen molar-refractivity contribution in [2.24, 2.45) is 5.92 Å². The molecule has 0 spiro atoms. The van der Waals surface area contributed by atoms with Gasteiger partial charge >= 0.3 is 5.97 Å². The lowest BCUT2D eigenvalue weighted by molar-refractivity contribution is -0.108. The van der Waals surface area contributed by atoms with Crippen LogP contribution in [0, 0.1) is 5.92 Å². The molecule has 0 bridgehead atoms. The Morgan fingerprint density at radius 2 is 2.00 bits per heavy atom. The molecule has 0 heterocycles. The third-order valence-electron chi connectivity index (χ3n) is 2.60. The molecule has 1 aliphatic rings. The summed E-state index contributed by atoms with van der Waals surface area (Å²) in [6, 6.07) is 6.74. The van der Waals surface area contributed by atoms with Gasteiger partial charge in [-0.25, -0.2) is 4.79 Å². The van der Waals surface area contributed by atoms with Crippen LogP contribution in [0.4, 0.5) is 0 Å². The maximum Gasteiger partial charge on any atom is 0.335 e. The number of rotatable bonds is 3. The molecule has 1 N–H and O–H groups in total. The fourth-order valence-corrected chi connectivity index (χ4v) is 1.62. The lowest BCUT2D eigenvalue weighted by Crippen LogP contribution is -1.95. The largest absolute Gasteiger partial charge is 0.478 e. The number of carbonyl (C=O) groups is 2. The van der Waals surface area contributed by atoms with Gasteiger partial charge < -0.3 is 9.90 Å². The highest BCUT2D eigenvalue weighted by atomic mass is 16.4. The predicted molar refractivity (Wildman–Crippen MR) is 50.3 cm³/mol. The molecule has 0 saturated heterocycles. The van der Waals surface area contributed by atoms with Crippen LogP contribution in [-0.2, 0) is 4.79 Å². The van der Waals surface area contributed by atoms with E-state index in [1.165, 1.54) is 0 Å². The van der Waals surface area contributed by atoms with Gasteiger partial charge in [0.25, 0.3) is 0 Å². The maximum atomic E-state index is 10.6. The van der Waals surface area contributed by atoms with Gasteiger partial charge in [-0.1, -0.05) is 12.1 Å². The first-order valence-electron chi connectivity index (χ1n) is 4.51. The molecular weight excluding hydrogens is 180 g/mol. The molecule has 0 amide bonds. The second kappa shape index (κ2) is 3.25. The molecule has 0 aromatic heterocycles. The predicted octanol–water partition coefficient (Wildman–Crippen LogP) is 1.69. The van der Waals surface area contributed by atoms with E-state index in [-0.39, 0.29) is 11.5 Å². The Labute approximate surface area is 81.4 Å². The Hall–Kier alpha value is -1.64. The van der Waals surface area contributed by atoms with Crippen molar-refractivity contribution < 1.29 is 14.7 Å². The number of benzene rings is 1. The summed E-state index contributed by atoms with van der Waals surface area (Å²) in [6.07, 6.45) is 1.87. The van der Waals surface area contributed by atoms with Gasteiger partial charge in [-0.05, 0) is 30.0 Å². The van der Waals surface area contributed by atoms with Crippen molar-refractivity contribution in [1.82, 2.24) is 0 Å². The standard InChI is InChI=1S/C11H10O3/c12-6-9-5-10(9)7-1-3-8(4-2-7)11(13)14/h1-4,6,9-10H,5H2,(H,13,14)/t9-,10-/m0/s1. The number of hydrogen-bond acceptors (Lipinski definition) is 2. The van der Waals surface area contributed by atoms with Crippen LogP contribution in [0.5, 0.6) is 0 Å². The van der Waals surface area contributed by atoms with Crippen LogP contribution in [0.15, 0.2) is 24.3 Å². The van der Waals surface area contributed by atoms with Gasteiger partial charge in [0.2, 0.25) is 0 Å². The number of hydrogen-bond donors (Lipinski definition) is 1. The molecule has 1 aromatic rings.